The van der Waals surface area contributed by atoms with E-state index in [1.54, 1.807) is 4.90 Å². The predicted octanol–water partition coefficient (Wildman–Crippen LogP) is 3.19. The molecule has 0 radical (unpaired) electrons. The maximum Gasteiger partial charge on any atom is 0.434 e. The Bertz CT molecular complexity index is 1070. The summed E-state index contributed by atoms with van der Waals surface area (Å²) in [5.74, 6) is 0.361. The Balaban J connectivity index is 1.00. The molecule has 4 heterocycles. The van der Waals surface area contributed by atoms with Crippen LogP contribution in [0, 0.1) is 5.41 Å². The van der Waals surface area contributed by atoms with Crippen LogP contribution in [-0.2, 0) is 22.2 Å². The van der Waals surface area contributed by atoms with Gasteiger partial charge in [-0.05, 0) is 18.4 Å². The first-order valence-electron chi connectivity index (χ1n) is 12.3. The normalized spacial score (nSPS) is 25.9. The second-order valence-electron chi connectivity index (χ2n) is 10.5. The van der Waals surface area contributed by atoms with Gasteiger partial charge in [0.05, 0.1) is 37.7 Å². The summed E-state index contributed by atoms with van der Waals surface area (Å²) < 4.78 is 50.1. The number of benzene rings is 1. The molecule has 36 heavy (non-hydrogen) atoms. The van der Waals surface area contributed by atoms with E-state index in [2.05, 4.69) is 39.1 Å². The number of piperazine rings is 1. The number of alkyl halides is 3. The Kier molecular flexibility index (Phi) is 5.79. The third-order valence-electron chi connectivity index (χ3n) is 7.68. The predicted molar refractivity (Wildman–Crippen MR) is 123 cm³/mol. The van der Waals surface area contributed by atoms with Gasteiger partial charge in [-0.3, -0.25) is 4.90 Å². The highest BCUT2D eigenvalue weighted by molar-refractivity contribution is 5.69. The summed E-state index contributed by atoms with van der Waals surface area (Å²) in [5.41, 5.74) is 0.553. The van der Waals surface area contributed by atoms with Crippen LogP contribution in [0.3, 0.4) is 0 Å². The van der Waals surface area contributed by atoms with Gasteiger partial charge in [0.1, 0.15) is 11.9 Å². The van der Waals surface area contributed by atoms with Crippen LogP contribution in [0.4, 0.5) is 23.8 Å². The second kappa shape index (κ2) is 8.88. The molecular weight excluding hydrogens is 475 g/mol. The lowest BCUT2D eigenvalue weighted by Gasteiger charge is -2.58. The molecule has 2 aromatic rings. The number of carbonyl (C=O) groups excluding carboxylic acids is 1. The average Bonchev–Trinajstić information content (AvgIpc) is 2.80. The number of rotatable bonds is 4. The summed E-state index contributed by atoms with van der Waals surface area (Å²) >= 11 is 0. The van der Waals surface area contributed by atoms with E-state index < -0.39 is 11.9 Å². The number of ether oxygens (including phenoxy) is 2. The minimum Gasteiger partial charge on any atom is -0.446 e. The van der Waals surface area contributed by atoms with Gasteiger partial charge in [-0.2, -0.15) is 13.2 Å². The van der Waals surface area contributed by atoms with Crippen LogP contribution in [0.25, 0.3) is 0 Å². The van der Waals surface area contributed by atoms with Crippen molar-refractivity contribution < 1.29 is 27.4 Å². The first kappa shape index (κ1) is 23.5. The molecule has 192 valence electrons. The van der Waals surface area contributed by atoms with Crippen LogP contribution in [0.5, 0.6) is 0 Å². The molecule has 1 aliphatic carbocycles. The van der Waals surface area contributed by atoms with Crippen molar-refractivity contribution in [3.63, 3.8) is 0 Å². The van der Waals surface area contributed by atoms with E-state index in [-0.39, 0.29) is 29.7 Å². The second-order valence-corrected chi connectivity index (χ2v) is 10.5. The van der Waals surface area contributed by atoms with Crippen LogP contribution < -0.4 is 4.90 Å². The average molecular weight is 504 g/mol. The molecule has 6 rings (SSSR count). The maximum absolute atomic E-state index is 12.9. The number of halogens is 3. The van der Waals surface area contributed by atoms with Crippen molar-refractivity contribution in [2.75, 3.05) is 44.3 Å². The van der Waals surface area contributed by atoms with Gasteiger partial charge in [-0.1, -0.05) is 30.3 Å². The summed E-state index contributed by atoms with van der Waals surface area (Å²) in [6, 6.07) is 9.97. The van der Waals surface area contributed by atoms with Crippen LogP contribution >= 0.6 is 0 Å². The zero-order valence-corrected chi connectivity index (χ0v) is 19.7. The number of morpholine rings is 1. The smallest absolute Gasteiger partial charge is 0.434 e. The minimum atomic E-state index is -4.53. The van der Waals surface area contributed by atoms with Crippen molar-refractivity contribution in [3.8, 4) is 0 Å². The lowest BCUT2D eigenvalue weighted by molar-refractivity contribution is -0.141. The summed E-state index contributed by atoms with van der Waals surface area (Å²) in [4.78, 5) is 26.5. The molecule has 4 fully saturated rings. The Morgan fingerprint density at radius 2 is 1.75 bits per heavy atom. The standard InChI is InChI=1S/C25H28F3N5O3/c26-25(27,28)21-8-30-22(9-29-21)33-18-11-32(12-19(33)14-35-13-18)23(34)36-20-6-24(7-20)15-31(16-24)10-17-4-2-1-3-5-17/h1-5,8-9,18-20H,6-7,10-16H2. The maximum atomic E-state index is 12.9. The Morgan fingerprint density at radius 3 is 2.36 bits per heavy atom. The monoisotopic (exact) mass is 503 g/mol. The molecule has 1 aromatic heterocycles. The first-order valence-corrected chi connectivity index (χ1v) is 12.3. The van der Waals surface area contributed by atoms with E-state index in [1.165, 1.54) is 5.56 Å². The fourth-order valence-electron chi connectivity index (χ4n) is 6.11. The molecule has 0 N–H and O–H groups in total. The number of carbonyl (C=O) groups is 1. The first-order chi connectivity index (χ1) is 17.3. The number of likely N-dealkylation sites (tertiary alicyclic amines) is 1. The summed E-state index contributed by atoms with van der Waals surface area (Å²) in [6.45, 7) is 4.45. The van der Waals surface area contributed by atoms with E-state index in [0.29, 0.717) is 32.1 Å². The number of fused-ring (bicyclic) bond motifs is 2. The number of hydrogen-bond acceptors (Lipinski definition) is 7. The highest BCUT2D eigenvalue weighted by atomic mass is 19.4. The van der Waals surface area contributed by atoms with Crippen molar-refractivity contribution in [2.24, 2.45) is 5.41 Å². The van der Waals surface area contributed by atoms with Gasteiger partial charge in [0.15, 0.2) is 5.69 Å². The van der Waals surface area contributed by atoms with Crippen molar-refractivity contribution in [1.82, 2.24) is 19.8 Å². The topological polar surface area (TPSA) is 71.0 Å². The van der Waals surface area contributed by atoms with Gasteiger partial charge < -0.3 is 19.3 Å². The summed E-state index contributed by atoms with van der Waals surface area (Å²) in [5, 5.41) is 0. The van der Waals surface area contributed by atoms with Crippen LogP contribution in [0.2, 0.25) is 0 Å². The largest absolute Gasteiger partial charge is 0.446 e. The van der Waals surface area contributed by atoms with Gasteiger partial charge in [-0.15, -0.1) is 0 Å². The highest BCUT2D eigenvalue weighted by Gasteiger charge is 2.54. The van der Waals surface area contributed by atoms with Crippen molar-refractivity contribution in [3.05, 3.63) is 54.0 Å². The van der Waals surface area contributed by atoms with Crippen molar-refractivity contribution >= 4 is 11.9 Å². The summed E-state index contributed by atoms with van der Waals surface area (Å²) in [6.07, 6.45) is -1.25. The molecule has 2 unspecified atom stereocenters. The van der Waals surface area contributed by atoms with Gasteiger partial charge in [-0.25, -0.2) is 14.8 Å². The lowest BCUT2D eigenvalue weighted by atomic mass is 9.61. The quantitative estimate of drug-likeness (QED) is 0.635. The highest BCUT2D eigenvalue weighted by Crippen LogP contribution is 2.50. The molecule has 4 aliphatic rings. The van der Waals surface area contributed by atoms with E-state index in [0.717, 1.165) is 44.9 Å². The molecule has 11 heteroatoms. The minimum absolute atomic E-state index is 0.0636. The van der Waals surface area contributed by atoms with Crippen molar-refractivity contribution in [1.29, 1.82) is 0 Å². The van der Waals surface area contributed by atoms with Gasteiger partial charge in [0, 0.05) is 38.1 Å². The van der Waals surface area contributed by atoms with Crippen LogP contribution in [0.1, 0.15) is 24.1 Å². The zero-order valence-electron chi connectivity index (χ0n) is 19.7. The third-order valence-corrected chi connectivity index (χ3v) is 7.68. The molecule has 1 saturated carbocycles. The Hall–Kier alpha value is -2.92. The molecule has 1 aromatic carbocycles. The molecule has 2 atom stereocenters. The Morgan fingerprint density at radius 1 is 1.06 bits per heavy atom. The molecule has 3 aliphatic heterocycles. The number of nitrogens with zero attached hydrogens (tertiary/aromatic N) is 5. The van der Waals surface area contributed by atoms with Gasteiger partial charge in [0.2, 0.25) is 0 Å². The number of hydrogen-bond donors (Lipinski definition) is 0. The molecule has 3 saturated heterocycles. The summed E-state index contributed by atoms with van der Waals surface area (Å²) in [7, 11) is 0. The Labute approximate surface area is 207 Å². The molecular formula is C25H28F3N5O3. The van der Waals surface area contributed by atoms with Gasteiger partial charge >= 0.3 is 12.3 Å². The van der Waals surface area contributed by atoms with Crippen LogP contribution in [0.15, 0.2) is 42.7 Å². The van der Waals surface area contributed by atoms with E-state index in [1.807, 2.05) is 11.0 Å². The van der Waals surface area contributed by atoms with Crippen LogP contribution in [-0.4, -0.2) is 83.4 Å². The molecule has 1 amide bonds. The van der Waals surface area contributed by atoms with E-state index in [4.69, 9.17) is 9.47 Å². The number of anilines is 1. The molecule has 8 nitrogen and oxygen atoms in total. The fourth-order valence-corrected chi connectivity index (χ4v) is 6.11. The SMILES string of the molecule is O=C(OC1CC2(C1)CN(Cc1ccccc1)C2)N1CC2COCC(C1)N2c1cnc(C(F)(F)F)cn1. The van der Waals surface area contributed by atoms with Crippen molar-refractivity contribution in [2.45, 2.75) is 43.8 Å². The van der Waals surface area contributed by atoms with E-state index >= 15 is 0 Å². The van der Waals surface area contributed by atoms with E-state index in [9.17, 15) is 18.0 Å². The lowest BCUT2D eigenvalue weighted by Crippen LogP contribution is -2.67. The van der Waals surface area contributed by atoms with Gasteiger partial charge in [0.25, 0.3) is 0 Å². The number of aromatic nitrogens is 2. The zero-order chi connectivity index (χ0) is 24.9. The fraction of sp³-hybridized carbons (Fsp3) is 0.560. The third kappa shape index (κ3) is 4.50. The number of amides is 1. The molecule has 1 spiro atoms. The molecule has 2 bridgehead atoms.